The molecule has 0 heterocycles. The first kappa shape index (κ1) is 11.2. The third kappa shape index (κ3) is 2.32. The average molecular weight is 195 g/mol. The maximum absolute atomic E-state index is 13.0. The summed E-state index contributed by atoms with van der Waals surface area (Å²) >= 11 is 0. The van der Waals surface area contributed by atoms with E-state index in [1.165, 1.54) is 12.1 Å². The summed E-state index contributed by atoms with van der Waals surface area (Å²) in [5.74, 6) is -0.217. The SMILES string of the molecule is Cc1ccc(F)cc1[C@H](N)C(C)(C)C. The predicted molar refractivity (Wildman–Crippen MR) is 57.5 cm³/mol. The molecular weight excluding hydrogens is 177 g/mol. The van der Waals surface area contributed by atoms with Crippen molar-refractivity contribution in [3.63, 3.8) is 0 Å². The van der Waals surface area contributed by atoms with Crippen molar-refractivity contribution >= 4 is 0 Å². The number of nitrogens with two attached hydrogens (primary N) is 1. The van der Waals surface area contributed by atoms with E-state index in [1.54, 1.807) is 6.07 Å². The van der Waals surface area contributed by atoms with Gasteiger partial charge >= 0.3 is 0 Å². The molecule has 1 aromatic carbocycles. The topological polar surface area (TPSA) is 26.0 Å². The number of benzene rings is 1. The third-order valence-electron chi connectivity index (χ3n) is 2.51. The number of aryl methyl sites for hydroxylation is 1. The van der Waals surface area contributed by atoms with Crippen molar-refractivity contribution in [3.05, 3.63) is 35.1 Å². The van der Waals surface area contributed by atoms with E-state index >= 15 is 0 Å². The minimum Gasteiger partial charge on any atom is -0.324 e. The van der Waals surface area contributed by atoms with Gasteiger partial charge in [-0.15, -0.1) is 0 Å². The van der Waals surface area contributed by atoms with Gasteiger partial charge in [0.1, 0.15) is 5.82 Å². The van der Waals surface area contributed by atoms with Gasteiger partial charge in [-0.05, 0) is 35.6 Å². The molecule has 0 fully saturated rings. The molecule has 78 valence electrons. The Labute approximate surface area is 85.1 Å². The highest BCUT2D eigenvalue weighted by atomic mass is 19.1. The third-order valence-corrected chi connectivity index (χ3v) is 2.51. The summed E-state index contributed by atoms with van der Waals surface area (Å²) in [6.45, 7) is 8.13. The number of rotatable bonds is 1. The lowest BCUT2D eigenvalue weighted by atomic mass is 9.81. The molecule has 1 aromatic rings. The monoisotopic (exact) mass is 195 g/mol. The summed E-state index contributed by atoms with van der Waals surface area (Å²) in [6.07, 6.45) is 0. The molecule has 0 saturated carbocycles. The van der Waals surface area contributed by atoms with Gasteiger partial charge in [0.05, 0.1) is 0 Å². The van der Waals surface area contributed by atoms with Crippen LogP contribution < -0.4 is 5.73 Å². The first-order valence-corrected chi connectivity index (χ1v) is 4.84. The maximum atomic E-state index is 13.0. The lowest BCUT2D eigenvalue weighted by Gasteiger charge is -2.28. The summed E-state index contributed by atoms with van der Waals surface area (Å²) in [7, 11) is 0. The van der Waals surface area contributed by atoms with Gasteiger partial charge in [0, 0.05) is 6.04 Å². The van der Waals surface area contributed by atoms with Crippen LogP contribution in [0.2, 0.25) is 0 Å². The Balaban J connectivity index is 3.12. The molecule has 0 saturated heterocycles. The minimum atomic E-state index is -0.217. The van der Waals surface area contributed by atoms with Crippen molar-refractivity contribution in [2.45, 2.75) is 33.7 Å². The molecule has 0 unspecified atom stereocenters. The lowest BCUT2D eigenvalue weighted by Crippen LogP contribution is -2.27. The van der Waals surface area contributed by atoms with Gasteiger partial charge < -0.3 is 5.73 Å². The van der Waals surface area contributed by atoms with Crippen LogP contribution in [0.3, 0.4) is 0 Å². The zero-order chi connectivity index (χ0) is 10.9. The highest BCUT2D eigenvalue weighted by molar-refractivity contribution is 5.30. The smallest absolute Gasteiger partial charge is 0.123 e. The molecule has 0 spiro atoms. The second kappa shape index (κ2) is 3.70. The normalized spacial score (nSPS) is 14.1. The van der Waals surface area contributed by atoms with Gasteiger partial charge in [-0.25, -0.2) is 4.39 Å². The van der Waals surface area contributed by atoms with Crippen LogP contribution in [0, 0.1) is 18.2 Å². The van der Waals surface area contributed by atoms with Crippen LogP contribution in [0.4, 0.5) is 4.39 Å². The Morgan fingerprint density at radius 2 is 1.86 bits per heavy atom. The molecule has 0 aliphatic carbocycles. The molecule has 1 rings (SSSR count). The van der Waals surface area contributed by atoms with E-state index in [4.69, 9.17) is 5.73 Å². The summed E-state index contributed by atoms with van der Waals surface area (Å²) in [5, 5.41) is 0. The van der Waals surface area contributed by atoms with Crippen LogP contribution in [-0.2, 0) is 0 Å². The van der Waals surface area contributed by atoms with Crippen LogP contribution in [0.5, 0.6) is 0 Å². The van der Waals surface area contributed by atoms with Gasteiger partial charge in [0.25, 0.3) is 0 Å². The molecular formula is C12H18FN. The molecule has 0 bridgehead atoms. The van der Waals surface area contributed by atoms with Crippen LogP contribution in [-0.4, -0.2) is 0 Å². The van der Waals surface area contributed by atoms with Gasteiger partial charge in [0.2, 0.25) is 0 Å². The molecule has 0 amide bonds. The standard InChI is InChI=1S/C12H18FN/c1-8-5-6-9(13)7-10(8)11(14)12(2,3)4/h5-7,11H,14H2,1-4H3/t11-/m0/s1. The van der Waals surface area contributed by atoms with Crippen molar-refractivity contribution < 1.29 is 4.39 Å². The van der Waals surface area contributed by atoms with Crippen molar-refractivity contribution in [2.75, 3.05) is 0 Å². The van der Waals surface area contributed by atoms with Crippen molar-refractivity contribution in [1.82, 2.24) is 0 Å². The average Bonchev–Trinajstić information content (AvgIpc) is 2.06. The van der Waals surface area contributed by atoms with Crippen LogP contribution in [0.25, 0.3) is 0 Å². The number of halogens is 1. The Bertz CT molecular complexity index is 326. The number of hydrogen-bond acceptors (Lipinski definition) is 1. The molecule has 2 heteroatoms. The van der Waals surface area contributed by atoms with Gasteiger partial charge in [-0.2, -0.15) is 0 Å². The molecule has 2 N–H and O–H groups in total. The molecule has 1 atom stereocenters. The van der Waals surface area contributed by atoms with Gasteiger partial charge in [0.15, 0.2) is 0 Å². The van der Waals surface area contributed by atoms with E-state index in [0.29, 0.717) is 0 Å². The second-order valence-corrected chi connectivity index (χ2v) is 4.84. The summed E-state index contributed by atoms with van der Waals surface area (Å²) in [5.41, 5.74) is 7.98. The van der Waals surface area contributed by atoms with E-state index in [0.717, 1.165) is 11.1 Å². The van der Waals surface area contributed by atoms with E-state index in [1.807, 2.05) is 6.92 Å². The second-order valence-electron chi connectivity index (χ2n) is 4.84. The van der Waals surface area contributed by atoms with Gasteiger partial charge in [-0.1, -0.05) is 26.8 Å². The fraction of sp³-hybridized carbons (Fsp3) is 0.500. The summed E-state index contributed by atoms with van der Waals surface area (Å²) in [4.78, 5) is 0. The first-order chi connectivity index (χ1) is 6.32. The minimum absolute atomic E-state index is 0.0431. The van der Waals surface area contributed by atoms with Crippen molar-refractivity contribution in [3.8, 4) is 0 Å². The van der Waals surface area contributed by atoms with Crippen molar-refractivity contribution in [1.29, 1.82) is 0 Å². The Morgan fingerprint density at radius 1 is 1.29 bits per heavy atom. The van der Waals surface area contributed by atoms with Gasteiger partial charge in [-0.3, -0.25) is 0 Å². The molecule has 0 radical (unpaired) electrons. The Hall–Kier alpha value is -0.890. The van der Waals surface area contributed by atoms with Crippen LogP contribution >= 0.6 is 0 Å². The fourth-order valence-corrected chi connectivity index (χ4v) is 1.41. The lowest BCUT2D eigenvalue weighted by molar-refractivity contribution is 0.325. The van der Waals surface area contributed by atoms with E-state index in [2.05, 4.69) is 20.8 Å². The van der Waals surface area contributed by atoms with E-state index in [9.17, 15) is 4.39 Å². The zero-order valence-corrected chi connectivity index (χ0v) is 9.26. The predicted octanol–water partition coefficient (Wildman–Crippen LogP) is 3.18. The summed E-state index contributed by atoms with van der Waals surface area (Å²) in [6, 6.07) is 4.65. The zero-order valence-electron chi connectivity index (χ0n) is 9.26. The quantitative estimate of drug-likeness (QED) is 0.731. The van der Waals surface area contributed by atoms with Crippen LogP contribution in [0.1, 0.15) is 37.9 Å². The Kier molecular flexibility index (Phi) is 2.95. The summed E-state index contributed by atoms with van der Waals surface area (Å²) < 4.78 is 13.0. The van der Waals surface area contributed by atoms with E-state index < -0.39 is 0 Å². The molecule has 1 nitrogen and oxygen atoms in total. The number of hydrogen-bond donors (Lipinski definition) is 1. The van der Waals surface area contributed by atoms with E-state index in [-0.39, 0.29) is 17.3 Å². The van der Waals surface area contributed by atoms with Crippen LogP contribution in [0.15, 0.2) is 18.2 Å². The maximum Gasteiger partial charge on any atom is 0.123 e. The molecule has 0 aliphatic heterocycles. The molecule has 14 heavy (non-hydrogen) atoms. The molecule has 0 aromatic heterocycles. The molecule has 0 aliphatic rings. The highest BCUT2D eigenvalue weighted by Gasteiger charge is 2.23. The Morgan fingerprint density at radius 3 is 2.36 bits per heavy atom. The first-order valence-electron chi connectivity index (χ1n) is 4.84. The largest absolute Gasteiger partial charge is 0.324 e. The highest BCUT2D eigenvalue weighted by Crippen LogP contribution is 2.32. The fourth-order valence-electron chi connectivity index (χ4n) is 1.41. The van der Waals surface area contributed by atoms with Crippen molar-refractivity contribution in [2.24, 2.45) is 11.1 Å².